The van der Waals surface area contributed by atoms with Gasteiger partial charge < -0.3 is 14.8 Å². The van der Waals surface area contributed by atoms with Gasteiger partial charge in [-0.2, -0.15) is 11.8 Å². The molecule has 2 unspecified atom stereocenters. The van der Waals surface area contributed by atoms with Crippen LogP contribution in [0.2, 0.25) is 5.02 Å². The smallest absolute Gasteiger partial charge is 0.179 e. The van der Waals surface area contributed by atoms with E-state index in [9.17, 15) is 0 Å². The van der Waals surface area contributed by atoms with Crippen LogP contribution in [0, 0.1) is 0 Å². The van der Waals surface area contributed by atoms with Crippen LogP contribution in [0.1, 0.15) is 24.8 Å². The predicted molar refractivity (Wildman–Crippen MR) is 84.2 cm³/mol. The summed E-state index contributed by atoms with van der Waals surface area (Å²) in [7, 11) is 0. The Hall–Kier alpha value is -0.580. The van der Waals surface area contributed by atoms with Gasteiger partial charge in [-0.05, 0) is 36.8 Å². The quantitative estimate of drug-likeness (QED) is 0.922. The summed E-state index contributed by atoms with van der Waals surface area (Å²) in [5.74, 6) is 1.46. The largest absolute Gasteiger partial charge is 0.486 e. The van der Waals surface area contributed by atoms with Gasteiger partial charge in [0.2, 0.25) is 0 Å². The van der Waals surface area contributed by atoms with Crippen molar-refractivity contribution >= 4 is 23.4 Å². The summed E-state index contributed by atoms with van der Waals surface area (Å²) in [6.45, 7) is 2.00. The molecule has 0 saturated heterocycles. The highest BCUT2D eigenvalue weighted by Gasteiger charge is 2.26. The van der Waals surface area contributed by atoms with Gasteiger partial charge >= 0.3 is 0 Å². The van der Waals surface area contributed by atoms with E-state index in [2.05, 4.69) is 11.6 Å². The zero-order valence-corrected chi connectivity index (χ0v) is 13.2. The second-order valence-electron chi connectivity index (χ2n) is 5.29. The standard InChI is InChI=1S/C15H20ClNO2S/c1-20-14-4-2-3-12(14)17-9-10-7-11(16)15-13(8-10)18-5-6-19-15/h7-8,12,14,17H,2-6,9H2,1H3. The number of thioether (sulfide) groups is 1. The molecule has 20 heavy (non-hydrogen) atoms. The van der Waals surface area contributed by atoms with Crippen molar-refractivity contribution in [3.8, 4) is 11.5 Å². The molecule has 0 bridgehead atoms. The fraction of sp³-hybridized carbons (Fsp3) is 0.600. The molecule has 2 atom stereocenters. The lowest BCUT2D eigenvalue weighted by molar-refractivity contribution is 0.171. The zero-order valence-electron chi connectivity index (χ0n) is 11.7. The van der Waals surface area contributed by atoms with E-state index in [-0.39, 0.29) is 0 Å². The average molecular weight is 314 g/mol. The van der Waals surface area contributed by atoms with Gasteiger partial charge in [0.25, 0.3) is 0 Å². The summed E-state index contributed by atoms with van der Waals surface area (Å²) in [6.07, 6.45) is 6.11. The fourth-order valence-corrected chi connectivity index (χ4v) is 4.21. The molecule has 110 valence electrons. The van der Waals surface area contributed by atoms with Crippen LogP contribution in [0.4, 0.5) is 0 Å². The number of halogens is 1. The number of ether oxygens (including phenoxy) is 2. The van der Waals surface area contributed by atoms with Crippen molar-refractivity contribution in [1.29, 1.82) is 0 Å². The number of hydrogen-bond acceptors (Lipinski definition) is 4. The van der Waals surface area contributed by atoms with Gasteiger partial charge in [-0.15, -0.1) is 0 Å². The van der Waals surface area contributed by atoms with E-state index in [1.165, 1.54) is 19.3 Å². The van der Waals surface area contributed by atoms with Crippen molar-refractivity contribution in [3.05, 3.63) is 22.7 Å². The molecule has 3 nitrogen and oxygen atoms in total. The van der Waals surface area contributed by atoms with Crippen LogP contribution in [0.3, 0.4) is 0 Å². The Morgan fingerprint density at radius 3 is 3.00 bits per heavy atom. The molecular weight excluding hydrogens is 294 g/mol. The molecule has 3 rings (SSSR count). The van der Waals surface area contributed by atoms with E-state index >= 15 is 0 Å². The van der Waals surface area contributed by atoms with Crippen LogP contribution < -0.4 is 14.8 Å². The van der Waals surface area contributed by atoms with E-state index in [4.69, 9.17) is 21.1 Å². The fourth-order valence-electron chi connectivity index (χ4n) is 2.96. The van der Waals surface area contributed by atoms with Crippen LogP contribution in [-0.2, 0) is 6.54 Å². The molecule has 1 aliphatic heterocycles. The van der Waals surface area contributed by atoms with Crippen molar-refractivity contribution in [2.45, 2.75) is 37.1 Å². The van der Waals surface area contributed by atoms with E-state index in [0.717, 1.165) is 23.1 Å². The molecule has 5 heteroatoms. The van der Waals surface area contributed by atoms with Gasteiger partial charge in [0.1, 0.15) is 13.2 Å². The monoisotopic (exact) mass is 313 g/mol. The van der Waals surface area contributed by atoms with Crippen molar-refractivity contribution in [1.82, 2.24) is 5.32 Å². The molecule has 0 radical (unpaired) electrons. The Labute approximate surface area is 129 Å². The molecule has 1 N–H and O–H groups in total. The minimum atomic E-state index is 0.571. The maximum atomic E-state index is 6.26. The van der Waals surface area contributed by atoms with Gasteiger partial charge in [-0.1, -0.05) is 18.0 Å². The minimum absolute atomic E-state index is 0.571. The summed E-state index contributed by atoms with van der Waals surface area (Å²) in [5.41, 5.74) is 1.16. The summed E-state index contributed by atoms with van der Waals surface area (Å²) in [5, 5.41) is 5.04. The third-order valence-corrected chi connectivity index (χ3v) is 5.43. The van der Waals surface area contributed by atoms with Crippen LogP contribution in [0.25, 0.3) is 0 Å². The van der Waals surface area contributed by atoms with Crippen LogP contribution >= 0.6 is 23.4 Å². The normalized spacial score (nSPS) is 24.9. The molecule has 1 fully saturated rings. The number of benzene rings is 1. The highest BCUT2D eigenvalue weighted by atomic mass is 35.5. The van der Waals surface area contributed by atoms with E-state index < -0.39 is 0 Å². The SMILES string of the molecule is CSC1CCCC1NCc1cc(Cl)c2c(c1)OCCO2. The maximum absolute atomic E-state index is 6.26. The summed E-state index contributed by atoms with van der Waals surface area (Å²) in [4.78, 5) is 0. The van der Waals surface area contributed by atoms with Crippen LogP contribution in [0.15, 0.2) is 12.1 Å². The molecule has 1 aromatic carbocycles. The molecule has 0 aromatic heterocycles. The van der Waals surface area contributed by atoms with E-state index in [0.29, 0.717) is 30.0 Å². The Bertz CT molecular complexity index is 483. The van der Waals surface area contributed by atoms with Gasteiger partial charge in [0.05, 0.1) is 5.02 Å². The number of fused-ring (bicyclic) bond motifs is 1. The highest BCUT2D eigenvalue weighted by molar-refractivity contribution is 7.99. The first-order valence-electron chi connectivity index (χ1n) is 7.12. The Morgan fingerprint density at radius 2 is 2.15 bits per heavy atom. The van der Waals surface area contributed by atoms with E-state index in [1.54, 1.807) is 0 Å². The summed E-state index contributed by atoms with van der Waals surface area (Å²) >= 11 is 8.23. The number of nitrogens with one attached hydrogen (secondary N) is 1. The number of rotatable bonds is 4. The lowest BCUT2D eigenvalue weighted by atomic mass is 10.1. The second-order valence-corrected chi connectivity index (χ2v) is 6.78. The average Bonchev–Trinajstić information content (AvgIpc) is 2.93. The van der Waals surface area contributed by atoms with Crippen molar-refractivity contribution < 1.29 is 9.47 Å². The maximum Gasteiger partial charge on any atom is 0.179 e. The molecule has 0 amide bonds. The topological polar surface area (TPSA) is 30.5 Å². The van der Waals surface area contributed by atoms with Crippen molar-refractivity contribution in [3.63, 3.8) is 0 Å². The van der Waals surface area contributed by atoms with Gasteiger partial charge in [0.15, 0.2) is 11.5 Å². The lowest BCUT2D eigenvalue weighted by Crippen LogP contribution is -2.33. The third-order valence-electron chi connectivity index (χ3n) is 3.98. The van der Waals surface area contributed by atoms with Crippen LogP contribution in [-0.4, -0.2) is 30.8 Å². The third kappa shape index (κ3) is 3.02. The molecule has 1 saturated carbocycles. The predicted octanol–water partition coefficient (Wildman–Crippen LogP) is 3.48. The Kier molecular flexibility index (Phi) is 4.64. The molecule has 1 heterocycles. The first-order valence-corrected chi connectivity index (χ1v) is 8.78. The summed E-state index contributed by atoms with van der Waals surface area (Å²) < 4.78 is 11.2. The van der Waals surface area contributed by atoms with Crippen molar-refractivity contribution in [2.24, 2.45) is 0 Å². The first-order chi connectivity index (χ1) is 9.78. The minimum Gasteiger partial charge on any atom is -0.486 e. The molecule has 0 spiro atoms. The zero-order chi connectivity index (χ0) is 13.9. The van der Waals surface area contributed by atoms with Crippen molar-refractivity contribution in [2.75, 3.05) is 19.5 Å². The molecule has 2 aliphatic rings. The van der Waals surface area contributed by atoms with Gasteiger partial charge in [-0.25, -0.2) is 0 Å². The van der Waals surface area contributed by atoms with Gasteiger partial charge in [-0.3, -0.25) is 0 Å². The lowest BCUT2D eigenvalue weighted by Gasteiger charge is -2.22. The molecule has 1 aromatic rings. The first kappa shape index (κ1) is 14.4. The van der Waals surface area contributed by atoms with E-state index in [1.807, 2.05) is 23.9 Å². The number of hydrogen-bond donors (Lipinski definition) is 1. The molecule has 1 aliphatic carbocycles. The Morgan fingerprint density at radius 1 is 1.30 bits per heavy atom. The summed E-state index contributed by atoms with van der Waals surface area (Å²) in [6, 6.07) is 4.62. The second kappa shape index (κ2) is 6.46. The van der Waals surface area contributed by atoms with Crippen LogP contribution in [0.5, 0.6) is 11.5 Å². The molecular formula is C15H20ClNO2S. The Balaban J connectivity index is 1.67. The highest BCUT2D eigenvalue weighted by Crippen LogP contribution is 2.38. The van der Waals surface area contributed by atoms with Gasteiger partial charge in [0, 0.05) is 17.8 Å².